The highest BCUT2D eigenvalue weighted by molar-refractivity contribution is 7.99. The Morgan fingerprint density at radius 3 is 2.85 bits per heavy atom. The molecule has 3 aromatic rings. The van der Waals surface area contributed by atoms with Crippen molar-refractivity contribution in [3.05, 3.63) is 57.0 Å². The smallest absolute Gasteiger partial charge is 0.252 e. The van der Waals surface area contributed by atoms with Crippen LogP contribution in [-0.4, -0.2) is 31.2 Å². The van der Waals surface area contributed by atoms with Gasteiger partial charge in [0.1, 0.15) is 0 Å². The highest BCUT2D eigenvalue weighted by atomic mass is 35.5. The molecule has 0 aliphatic carbocycles. The summed E-state index contributed by atoms with van der Waals surface area (Å²) in [7, 11) is 0. The predicted molar refractivity (Wildman–Crippen MR) is 102 cm³/mol. The number of carbonyl (C=O) groups excluding carboxylic acids is 1. The Labute approximate surface area is 159 Å². The van der Waals surface area contributed by atoms with Crippen LogP contribution in [0.5, 0.6) is 0 Å². The van der Waals surface area contributed by atoms with E-state index in [1.54, 1.807) is 10.5 Å². The Hall–Kier alpha value is -2.32. The minimum atomic E-state index is -0.220. The largest absolute Gasteiger partial charge is 0.351 e. The fourth-order valence-electron chi connectivity index (χ4n) is 2.46. The topological polar surface area (TPSA) is 92.2 Å². The average Bonchev–Trinajstić information content (AvgIpc) is 3.01. The van der Waals surface area contributed by atoms with Crippen molar-refractivity contribution < 1.29 is 4.79 Å². The summed E-state index contributed by atoms with van der Waals surface area (Å²) in [5.41, 5.74) is 1.44. The van der Waals surface area contributed by atoms with Crippen molar-refractivity contribution in [1.29, 1.82) is 0 Å². The molecule has 1 amide bonds. The number of amides is 1. The predicted octanol–water partition coefficient (Wildman–Crippen LogP) is 2.60. The Balaban J connectivity index is 1.69. The zero-order valence-corrected chi connectivity index (χ0v) is 15.9. The van der Waals surface area contributed by atoms with Gasteiger partial charge in [-0.15, -0.1) is 10.2 Å². The molecule has 0 spiro atoms. The standard InChI is InChI=1S/C17H18ClN5O2S/c1-10(2)13-7-14(24)20-16-21-22-17(23(13)16)26-9-15(25)19-8-11-5-3-4-6-12(11)18/h3-7,10H,8-9H2,1-2H3,(H,19,25)(H,20,21,24). The first-order chi connectivity index (χ1) is 12.5. The van der Waals surface area contributed by atoms with E-state index in [9.17, 15) is 9.59 Å². The summed E-state index contributed by atoms with van der Waals surface area (Å²) in [5, 5.41) is 12.1. The minimum Gasteiger partial charge on any atom is -0.351 e. The number of hydrogen-bond donors (Lipinski definition) is 2. The second-order valence-corrected chi connectivity index (χ2v) is 7.36. The fourth-order valence-corrected chi connectivity index (χ4v) is 3.45. The summed E-state index contributed by atoms with van der Waals surface area (Å²) in [6.07, 6.45) is 0. The van der Waals surface area contributed by atoms with Gasteiger partial charge in [-0.05, 0) is 17.5 Å². The lowest BCUT2D eigenvalue weighted by molar-refractivity contribution is -0.118. The van der Waals surface area contributed by atoms with Gasteiger partial charge in [0.2, 0.25) is 11.7 Å². The van der Waals surface area contributed by atoms with E-state index in [1.807, 2.05) is 32.0 Å². The number of fused-ring (bicyclic) bond motifs is 1. The number of aromatic nitrogens is 4. The van der Waals surface area contributed by atoms with Gasteiger partial charge in [0.05, 0.1) is 5.75 Å². The number of hydrogen-bond acceptors (Lipinski definition) is 5. The number of halogens is 1. The number of nitrogens with zero attached hydrogens (tertiary/aromatic N) is 3. The molecule has 9 heteroatoms. The Morgan fingerprint density at radius 1 is 1.35 bits per heavy atom. The van der Waals surface area contributed by atoms with Gasteiger partial charge < -0.3 is 5.32 Å². The van der Waals surface area contributed by atoms with Crippen LogP contribution in [0.2, 0.25) is 5.02 Å². The van der Waals surface area contributed by atoms with Crippen LogP contribution in [0.15, 0.2) is 40.3 Å². The van der Waals surface area contributed by atoms with Gasteiger partial charge in [0, 0.05) is 23.3 Å². The lowest BCUT2D eigenvalue weighted by Gasteiger charge is -2.10. The van der Waals surface area contributed by atoms with Crippen LogP contribution in [0.3, 0.4) is 0 Å². The van der Waals surface area contributed by atoms with E-state index in [0.29, 0.717) is 22.5 Å². The first-order valence-electron chi connectivity index (χ1n) is 8.07. The summed E-state index contributed by atoms with van der Waals surface area (Å²) >= 11 is 7.35. The number of carbonyl (C=O) groups is 1. The zero-order chi connectivity index (χ0) is 18.7. The van der Waals surface area contributed by atoms with E-state index in [1.165, 1.54) is 17.8 Å². The quantitative estimate of drug-likeness (QED) is 0.630. The van der Waals surface area contributed by atoms with E-state index in [2.05, 4.69) is 20.5 Å². The molecule has 136 valence electrons. The lowest BCUT2D eigenvalue weighted by Crippen LogP contribution is -2.24. The Morgan fingerprint density at radius 2 is 2.12 bits per heavy atom. The van der Waals surface area contributed by atoms with Crippen molar-refractivity contribution in [3.63, 3.8) is 0 Å². The fraction of sp³-hybridized carbons (Fsp3) is 0.294. The molecule has 0 saturated carbocycles. The molecule has 0 radical (unpaired) electrons. The van der Waals surface area contributed by atoms with E-state index < -0.39 is 0 Å². The molecule has 2 N–H and O–H groups in total. The number of H-pyrrole nitrogens is 1. The molecule has 0 aliphatic rings. The normalized spacial score (nSPS) is 11.2. The number of rotatable bonds is 6. The number of thioether (sulfide) groups is 1. The third kappa shape index (κ3) is 4.08. The van der Waals surface area contributed by atoms with Crippen LogP contribution in [-0.2, 0) is 11.3 Å². The SMILES string of the molecule is CC(C)c1cc(=O)[nH]c2nnc(SCC(=O)NCc3ccccc3Cl)n12. The molecule has 0 aliphatic heterocycles. The second-order valence-electron chi connectivity index (χ2n) is 6.01. The summed E-state index contributed by atoms with van der Waals surface area (Å²) in [6, 6.07) is 8.90. The Kier molecular flexibility index (Phi) is 5.63. The number of nitrogens with one attached hydrogen (secondary N) is 2. The van der Waals surface area contributed by atoms with Crippen molar-refractivity contribution >= 4 is 35.0 Å². The molecule has 26 heavy (non-hydrogen) atoms. The average molecular weight is 392 g/mol. The van der Waals surface area contributed by atoms with Crippen molar-refractivity contribution in [2.45, 2.75) is 31.5 Å². The molecule has 0 fully saturated rings. The molecule has 0 atom stereocenters. The third-order valence-electron chi connectivity index (χ3n) is 3.76. The molecule has 2 heterocycles. The van der Waals surface area contributed by atoms with Gasteiger partial charge in [-0.3, -0.25) is 19.0 Å². The maximum Gasteiger partial charge on any atom is 0.252 e. The monoisotopic (exact) mass is 391 g/mol. The molecule has 0 unspecified atom stereocenters. The van der Waals surface area contributed by atoms with E-state index in [0.717, 1.165) is 11.3 Å². The van der Waals surface area contributed by atoms with Gasteiger partial charge in [-0.25, -0.2) is 0 Å². The third-order valence-corrected chi connectivity index (χ3v) is 5.06. The summed E-state index contributed by atoms with van der Waals surface area (Å²) < 4.78 is 1.78. The minimum absolute atomic E-state index is 0.115. The van der Waals surface area contributed by atoms with Gasteiger partial charge in [0.25, 0.3) is 5.56 Å². The van der Waals surface area contributed by atoms with Gasteiger partial charge in [-0.1, -0.05) is 55.4 Å². The molecule has 0 bridgehead atoms. The number of aromatic amines is 1. The van der Waals surface area contributed by atoms with E-state index in [-0.39, 0.29) is 23.1 Å². The molecular weight excluding hydrogens is 374 g/mol. The van der Waals surface area contributed by atoms with E-state index in [4.69, 9.17) is 11.6 Å². The maximum absolute atomic E-state index is 12.1. The van der Waals surface area contributed by atoms with Crippen LogP contribution in [0.25, 0.3) is 5.78 Å². The van der Waals surface area contributed by atoms with Crippen molar-refractivity contribution in [1.82, 2.24) is 24.9 Å². The van der Waals surface area contributed by atoms with Gasteiger partial charge in [0.15, 0.2) is 5.16 Å². The van der Waals surface area contributed by atoms with Crippen LogP contribution < -0.4 is 10.9 Å². The molecular formula is C17H18ClN5O2S. The van der Waals surface area contributed by atoms with Gasteiger partial charge >= 0.3 is 0 Å². The molecule has 3 rings (SSSR count). The van der Waals surface area contributed by atoms with Crippen molar-refractivity contribution in [2.24, 2.45) is 0 Å². The van der Waals surface area contributed by atoms with Crippen LogP contribution in [0.4, 0.5) is 0 Å². The molecule has 0 saturated heterocycles. The highest BCUT2D eigenvalue weighted by Gasteiger charge is 2.15. The first kappa shape index (κ1) is 18.5. The lowest BCUT2D eigenvalue weighted by atomic mass is 10.1. The van der Waals surface area contributed by atoms with Crippen LogP contribution in [0.1, 0.15) is 31.0 Å². The Bertz CT molecular complexity index is 998. The summed E-state index contributed by atoms with van der Waals surface area (Å²) in [5.74, 6) is 0.536. The highest BCUT2D eigenvalue weighted by Crippen LogP contribution is 2.21. The molecule has 7 nitrogen and oxygen atoms in total. The van der Waals surface area contributed by atoms with Crippen LogP contribution >= 0.6 is 23.4 Å². The van der Waals surface area contributed by atoms with E-state index >= 15 is 0 Å². The van der Waals surface area contributed by atoms with Crippen molar-refractivity contribution in [2.75, 3.05) is 5.75 Å². The molecule has 1 aromatic carbocycles. The van der Waals surface area contributed by atoms with Gasteiger partial charge in [-0.2, -0.15) is 0 Å². The second kappa shape index (κ2) is 7.92. The zero-order valence-electron chi connectivity index (χ0n) is 14.3. The molecule has 2 aromatic heterocycles. The summed E-state index contributed by atoms with van der Waals surface area (Å²) in [6.45, 7) is 4.34. The maximum atomic E-state index is 12.1. The first-order valence-corrected chi connectivity index (χ1v) is 9.43. The number of benzene rings is 1. The van der Waals surface area contributed by atoms with Crippen LogP contribution in [0, 0.1) is 0 Å². The van der Waals surface area contributed by atoms with Crippen molar-refractivity contribution in [3.8, 4) is 0 Å². The summed E-state index contributed by atoms with van der Waals surface area (Å²) in [4.78, 5) is 26.5.